The Morgan fingerprint density at radius 1 is 1.26 bits per heavy atom. The lowest BCUT2D eigenvalue weighted by molar-refractivity contribution is -0.113. The molecule has 1 saturated heterocycles. The number of morpholine rings is 1. The van der Waals surface area contributed by atoms with Crippen molar-refractivity contribution >= 4 is 28.9 Å². The van der Waals surface area contributed by atoms with Crippen molar-refractivity contribution in [1.29, 1.82) is 0 Å². The van der Waals surface area contributed by atoms with Crippen LogP contribution in [0.4, 0.5) is 0 Å². The second-order valence-corrected chi connectivity index (χ2v) is 5.20. The van der Waals surface area contributed by atoms with E-state index in [1.54, 1.807) is 12.4 Å². The Balaban J connectivity index is 1.74. The largest absolute Gasteiger partial charge is 0.378 e. The van der Waals surface area contributed by atoms with Crippen LogP contribution in [-0.4, -0.2) is 47.3 Å². The fourth-order valence-corrected chi connectivity index (χ4v) is 2.86. The summed E-state index contributed by atoms with van der Waals surface area (Å²) in [6, 6.07) is 3.74. The molecule has 2 aliphatic rings. The Labute approximate surface area is 115 Å². The van der Waals surface area contributed by atoms with E-state index in [1.165, 1.54) is 11.8 Å². The Hall–Kier alpha value is -1.66. The normalized spacial score (nSPS) is 21.9. The lowest BCUT2D eigenvalue weighted by atomic mass is 10.2. The molecule has 0 saturated carbocycles. The van der Waals surface area contributed by atoms with Gasteiger partial charge in [-0.05, 0) is 35.5 Å². The van der Waals surface area contributed by atoms with Gasteiger partial charge in [-0.2, -0.15) is 4.99 Å². The minimum absolute atomic E-state index is 0.164. The number of pyridine rings is 1. The number of nitrogens with zero attached hydrogens (tertiary/aromatic N) is 3. The number of carbonyl (C=O) groups is 1. The van der Waals surface area contributed by atoms with Crippen LogP contribution in [0.3, 0.4) is 0 Å². The molecular weight excluding hydrogens is 262 g/mol. The highest BCUT2D eigenvalue weighted by Gasteiger charge is 2.26. The lowest BCUT2D eigenvalue weighted by Gasteiger charge is -2.27. The number of amides is 1. The Morgan fingerprint density at radius 2 is 2.00 bits per heavy atom. The first-order valence-electron chi connectivity index (χ1n) is 6.08. The predicted octanol–water partition coefficient (Wildman–Crippen LogP) is 1.38. The molecule has 0 bridgehead atoms. The van der Waals surface area contributed by atoms with Crippen molar-refractivity contribution in [3.63, 3.8) is 0 Å². The van der Waals surface area contributed by atoms with Crippen LogP contribution in [0.15, 0.2) is 34.4 Å². The van der Waals surface area contributed by atoms with E-state index in [0.29, 0.717) is 18.1 Å². The van der Waals surface area contributed by atoms with Gasteiger partial charge in [0.15, 0.2) is 5.17 Å². The van der Waals surface area contributed by atoms with Crippen molar-refractivity contribution in [2.45, 2.75) is 0 Å². The number of rotatable bonds is 1. The number of hydrogen-bond donors (Lipinski definition) is 0. The quantitative estimate of drug-likeness (QED) is 0.725. The van der Waals surface area contributed by atoms with Gasteiger partial charge in [0.1, 0.15) is 0 Å². The lowest BCUT2D eigenvalue weighted by Crippen LogP contribution is -2.38. The zero-order valence-electron chi connectivity index (χ0n) is 10.3. The molecule has 98 valence electrons. The van der Waals surface area contributed by atoms with Gasteiger partial charge in [0.2, 0.25) is 0 Å². The van der Waals surface area contributed by atoms with E-state index in [1.807, 2.05) is 18.2 Å². The highest BCUT2D eigenvalue weighted by Crippen LogP contribution is 2.30. The molecule has 1 aromatic rings. The average molecular weight is 275 g/mol. The summed E-state index contributed by atoms with van der Waals surface area (Å²) in [5, 5.41) is 0.786. The molecule has 0 aromatic carbocycles. The molecule has 0 aliphatic carbocycles. The molecule has 0 atom stereocenters. The molecule has 1 aromatic heterocycles. The summed E-state index contributed by atoms with van der Waals surface area (Å²) in [6.07, 6.45) is 5.27. The van der Waals surface area contributed by atoms with Crippen LogP contribution < -0.4 is 0 Å². The monoisotopic (exact) mass is 275 g/mol. The van der Waals surface area contributed by atoms with Crippen molar-refractivity contribution in [1.82, 2.24) is 9.88 Å². The molecule has 1 fully saturated rings. The molecule has 0 unspecified atom stereocenters. The van der Waals surface area contributed by atoms with Gasteiger partial charge in [-0.25, -0.2) is 0 Å². The van der Waals surface area contributed by atoms with Crippen LogP contribution in [0, 0.1) is 0 Å². The number of amidine groups is 1. The van der Waals surface area contributed by atoms with Gasteiger partial charge in [-0.3, -0.25) is 9.78 Å². The first-order valence-corrected chi connectivity index (χ1v) is 6.90. The second-order valence-electron chi connectivity index (χ2n) is 4.19. The predicted molar refractivity (Wildman–Crippen MR) is 74.6 cm³/mol. The average Bonchev–Trinajstić information content (AvgIpc) is 2.82. The summed E-state index contributed by atoms with van der Waals surface area (Å²) in [5.74, 6) is -0.164. The molecule has 0 spiro atoms. The molecule has 2 aliphatic heterocycles. The number of aromatic nitrogens is 1. The molecule has 5 nitrogen and oxygen atoms in total. The maximum atomic E-state index is 11.9. The minimum Gasteiger partial charge on any atom is -0.378 e. The van der Waals surface area contributed by atoms with Crippen molar-refractivity contribution in [2.75, 3.05) is 26.3 Å². The maximum absolute atomic E-state index is 11.9. The van der Waals surface area contributed by atoms with E-state index in [0.717, 1.165) is 23.8 Å². The smallest absolute Gasteiger partial charge is 0.286 e. The third-order valence-corrected chi connectivity index (χ3v) is 3.94. The van der Waals surface area contributed by atoms with Crippen molar-refractivity contribution in [3.8, 4) is 0 Å². The number of thioether (sulfide) groups is 1. The van der Waals surface area contributed by atoms with Crippen LogP contribution in [0.25, 0.3) is 6.08 Å². The molecule has 0 radical (unpaired) electrons. The summed E-state index contributed by atoms with van der Waals surface area (Å²) < 4.78 is 5.30. The fourth-order valence-electron chi connectivity index (χ4n) is 1.90. The van der Waals surface area contributed by atoms with E-state index < -0.39 is 0 Å². The van der Waals surface area contributed by atoms with Crippen LogP contribution in [0.2, 0.25) is 0 Å². The first-order chi connectivity index (χ1) is 9.33. The third kappa shape index (κ3) is 2.85. The summed E-state index contributed by atoms with van der Waals surface area (Å²) >= 11 is 1.43. The molecule has 19 heavy (non-hydrogen) atoms. The topological polar surface area (TPSA) is 54.8 Å². The van der Waals surface area contributed by atoms with E-state index in [-0.39, 0.29) is 5.91 Å². The van der Waals surface area contributed by atoms with Crippen molar-refractivity contribution in [3.05, 3.63) is 35.0 Å². The van der Waals surface area contributed by atoms with Crippen LogP contribution in [-0.2, 0) is 9.53 Å². The Bertz CT molecular complexity index is 536. The van der Waals surface area contributed by atoms with Crippen LogP contribution in [0.5, 0.6) is 0 Å². The molecule has 0 N–H and O–H groups in total. The number of ether oxygens (including phenoxy) is 1. The van der Waals surface area contributed by atoms with Crippen LogP contribution >= 0.6 is 11.8 Å². The van der Waals surface area contributed by atoms with Gasteiger partial charge < -0.3 is 9.64 Å². The van der Waals surface area contributed by atoms with Gasteiger partial charge in [0, 0.05) is 25.5 Å². The van der Waals surface area contributed by atoms with Gasteiger partial charge in [0.25, 0.3) is 5.91 Å². The summed E-state index contributed by atoms with van der Waals surface area (Å²) in [4.78, 5) is 22.7. The number of aliphatic imine (C=N–C) groups is 1. The maximum Gasteiger partial charge on any atom is 0.286 e. The van der Waals surface area contributed by atoms with Crippen molar-refractivity contribution in [2.24, 2.45) is 4.99 Å². The molecular formula is C13H13N3O2S. The van der Waals surface area contributed by atoms with E-state index in [4.69, 9.17) is 4.74 Å². The number of carbonyl (C=O) groups excluding carboxylic acids is 1. The van der Waals surface area contributed by atoms with Crippen LogP contribution in [0.1, 0.15) is 5.56 Å². The SMILES string of the molecule is O=C1N=C(N2CCOCC2)SC1=Cc1ccncc1. The molecule has 6 heteroatoms. The Kier molecular flexibility index (Phi) is 3.61. The standard InChI is InChI=1S/C13H13N3O2S/c17-12-11(9-10-1-3-14-4-2-10)19-13(15-12)16-5-7-18-8-6-16/h1-4,9H,5-8H2. The number of hydrogen-bond acceptors (Lipinski definition) is 5. The zero-order valence-corrected chi connectivity index (χ0v) is 11.1. The highest BCUT2D eigenvalue weighted by molar-refractivity contribution is 8.18. The van der Waals surface area contributed by atoms with Gasteiger partial charge in [-0.15, -0.1) is 0 Å². The molecule has 3 rings (SSSR count). The third-order valence-electron chi connectivity index (χ3n) is 2.89. The highest BCUT2D eigenvalue weighted by atomic mass is 32.2. The van der Waals surface area contributed by atoms with Crippen molar-refractivity contribution < 1.29 is 9.53 Å². The van der Waals surface area contributed by atoms with Gasteiger partial charge >= 0.3 is 0 Å². The first kappa shape index (κ1) is 12.4. The van der Waals surface area contributed by atoms with Gasteiger partial charge in [-0.1, -0.05) is 0 Å². The second kappa shape index (κ2) is 5.54. The van der Waals surface area contributed by atoms with E-state index in [9.17, 15) is 4.79 Å². The summed E-state index contributed by atoms with van der Waals surface area (Å²) in [7, 11) is 0. The summed E-state index contributed by atoms with van der Waals surface area (Å²) in [6.45, 7) is 2.97. The summed E-state index contributed by atoms with van der Waals surface area (Å²) in [5.41, 5.74) is 0.962. The van der Waals surface area contributed by atoms with Gasteiger partial charge in [0.05, 0.1) is 18.1 Å². The molecule has 1 amide bonds. The van der Waals surface area contributed by atoms with E-state index in [2.05, 4.69) is 14.9 Å². The zero-order chi connectivity index (χ0) is 13.1. The van der Waals surface area contributed by atoms with E-state index >= 15 is 0 Å². The minimum atomic E-state index is -0.164. The fraction of sp³-hybridized carbons (Fsp3) is 0.308. The Morgan fingerprint density at radius 3 is 2.74 bits per heavy atom. The molecule has 3 heterocycles.